The van der Waals surface area contributed by atoms with Crippen LogP contribution in [0.3, 0.4) is 0 Å². The monoisotopic (exact) mass is 349 g/mol. The molecule has 3 heterocycles. The van der Waals surface area contributed by atoms with E-state index in [0.29, 0.717) is 5.56 Å². The highest BCUT2D eigenvalue weighted by Gasteiger charge is 2.16. The number of aryl methyl sites for hydroxylation is 1. The van der Waals surface area contributed by atoms with E-state index in [1.165, 1.54) is 11.3 Å². The van der Waals surface area contributed by atoms with Crippen LogP contribution < -0.4 is 10.2 Å². The van der Waals surface area contributed by atoms with Crippen LogP contribution in [0.25, 0.3) is 5.65 Å². The van der Waals surface area contributed by atoms with Gasteiger partial charge in [-0.3, -0.25) is 4.79 Å². The quantitative estimate of drug-likeness (QED) is 0.790. The Morgan fingerprint density at radius 1 is 1.12 bits per heavy atom. The van der Waals surface area contributed by atoms with Crippen molar-refractivity contribution in [2.24, 2.45) is 0 Å². The molecule has 1 amide bonds. The molecule has 0 unspecified atom stereocenters. The van der Waals surface area contributed by atoms with Crippen LogP contribution in [-0.2, 0) is 0 Å². The van der Waals surface area contributed by atoms with Crippen molar-refractivity contribution < 1.29 is 4.79 Å². The number of fused-ring (bicyclic) bond motifs is 1. The number of anilines is 2. The van der Waals surface area contributed by atoms with E-state index >= 15 is 0 Å². The van der Waals surface area contributed by atoms with Gasteiger partial charge in [-0.2, -0.15) is 0 Å². The van der Waals surface area contributed by atoms with Crippen LogP contribution in [0.2, 0.25) is 0 Å². The predicted molar refractivity (Wildman–Crippen MR) is 104 cm³/mol. The zero-order chi connectivity index (χ0) is 18.1. The summed E-state index contributed by atoms with van der Waals surface area (Å²) in [5, 5.41) is 2.99. The molecule has 0 radical (unpaired) electrons. The summed E-state index contributed by atoms with van der Waals surface area (Å²) < 4.78 is 1.84. The number of carbonyl (C=O) groups is 1. The Morgan fingerprint density at radius 2 is 1.92 bits per heavy atom. The van der Waals surface area contributed by atoms with E-state index in [2.05, 4.69) is 40.1 Å². The minimum absolute atomic E-state index is 0.118. The maximum absolute atomic E-state index is 12.6. The highest BCUT2D eigenvalue weighted by molar-refractivity contribution is 6.04. The first-order valence-corrected chi connectivity index (χ1v) is 8.88. The smallest absolute Gasteiger partial charge is 0.257 e. The topological polar surface area (TPSA) is 52.9 Å². The molecule has 1 aliphatic heterocycles. The van der Waals surface area contributed by atoms with Crippen LogP contribution in [0.5, 0.6) is 0 Å². The maximum Gasteiger partial charge on any atom is 0.257 e. The fourth-order valence-corrected chi connectivity index (χ4v) is 3.39. The van der Waals surface area contributed by atoms with E-state index in [0.717, 1.165) is 37.5 Å². The van der Waals surface area contributed by atoms with Crippen molar-refractivity contribution >= 4 is 22.9 Å². The number of nitrogens with one attached hydrogen (secondary N) is 1. The lowest BCUT2D eigenvalue weighted by molar-refractivity contribution is 0.102. The predicted octanol–water partition coefficient (Wildman–Crippen LogP) is 2.65. The van der Waals surface area contributed by atoms with Gasteiger partial charge in [-0.05, 0) is 49.9 Å². The number of aromatic nitrogens is 2. The van der Waals surface area contributed by atoms with Crippen LogP contribution >= 0.6 is 0 Å². The Labute approximate surface area is 153 Å². The minimum Gasteiger partial charge on any atom is -0.369 e. The van der Waals surface area contributed by atoms with Gasteiger partial charge >= 0.3 is 0 Å². The minimum atomic E-state index is -0.118. The Bertz CT molecular complexity index is 940. The van der Waals surface area contributed by atoms with Crippen LogP contribution in [0.15, 0.2) is 48.9 Å². The zero-order valence-corrected chi connectivity index (χ0v) is 15.1. The van der Waals surface area contributed by atoms with E-state index in [-0.39, 0.29) is 5.91 Å². The van der Waals surface area contributed by atoms with Gasteiger partial charge in [0.05, 0.1) is 5.56 Å². The van der Waals surface area contributed by atoms with Crippen molar-refractivity contribution in [2.45, 2.75) is 6.92 Å². The van der Waals surface area contributed by atoms with E-state index in [1.807, 2.05) is 28.8 Å². The van der Waals surface area contributed by atoms with Gasteiger partial charge in [0.15, 0.2) is 0 Å². The average Bonchev–Trinajstić information content (AvgIpc) is 3.10. The molecule has 6 heteroatoms. The van der Waals surface area contributed by atoms with Crippen LogP contribution in [0.1, 0.15) is 15.9 Å². The molecule has 0 spiro atoms. The second-order valence-electron chi connectivity index (χ2n) is 6.86. The fraction of sp³-hybridized carbons (Fsp3) is 0.300. The van der Waals surface area contributed by atoms with E-state index < -0.39 is 0 Å². The number of benzene rings is 1. The fourth-order valence-electron chi connectivity index (χ4n) is 3.39. The molecule has 0 bridgehead atoms. The average molecular weight is 349 g/mol. The Kier molecular flexibility index (Phi) is 4.34. The summed E-state index contributed by atoms with van der Waals surface area (Å²) in [7, 11) is 2.16. The third-order valence-electron chi connectivity index (χ3n) is 4.95. The molecule has 0 saturated carbocycles. The van der Waals surface area contributed by atoms with Crippen molar-refractivity contribution in [1.82, 2.24) is 14.3 Å². The van der Waals surface area contributed by atoms with Gasteiger partial charge in [0.25, 0.3) is 5.91 Å². The number of pyridine rings is 1. The number of rotatable bonds is 3. The molecule has 0 atom stereocenters. The van der Waals surface area contributed by atoms with Gasteiger partial charge in [0, 0.05) is 56.1 Å². The number of imidazole rings is 1. The molecule has 0 aliphatic carbocycles. The molecule has 1 fully saturated rings. The molecule has 3 aromatic rings. The first-order chi connectivity index (χ1) is 12.6. The van der Waals surface area contributed by atoms with Gasteiger partial charge in [-0.1, -0.05) is 0 Å². The lowest BCUT2D eigenvalue weighted by Gasteiger charge is -2.35. The number of nitrogens with zero attached hydrogens (tertiary/aromatic N) is 4. The molecule has 2 aromatic heterocycles. The molecule has 1 aliphatic rings. The second-order valence-corrected chi connectivity index (χ2v) is 6.86. The van der Waals surface area contributed by atoms with Crippen LogP contribution in [-0.4, -0.2) is 53.4 Å². The van der Waals surface area contributed by atoms with E-state index in [9.17, 15) is 4.79 Å². The van der Waals surface area contributed by atoms with Gasteiger partial charge in [0.1, 0.15) is 5.65 Å². The number of hydrogen-bond acceptors (Lipinski definition) is 4. The second kappa shape index (κ2) is 6.80. The maximum atomic E-state index is 12.6. The van der Waals surface area contributed by atoms with Crippen molar-refractivity contribution in [2.75, 3.05) is 43.4 Å². The summed E-state index contributed by atoms with van der Waals surface area (Å²) >= 11 is 0. The normalized spacial score (nSPS) is 15.4. The van der Waals surface area contributed by atoms with Crippen molar-refractivity contribution in [3.8, 4) is 0 Å². The molecular weight excluding hydrogens is 326 g/mol. The summed E-state index contributed by atoms with van der Waals surface area (Å²) in [5.41, 5.74) is 4.68. The van der Waals surface area contributed by atoms with Crippen molar-refractivity contribution in [3.63, 3.8) is 0 Å². The van der Waals surface area contributed by atoms with Gasteiger partial charge in [-0.25, -0.2) is 4.98 Å². The number of piperazine rings is 1. The zero-order valence-electron chi connectivity index (χ0n) is 15.1. The van der Waals surface area contributed by atoms with Crippen LogP contribution in [0.4, 0.5) is 11.4 Å². The highest BCUT2D eigenvalue weighted by atomic mass is 16.1. The Balaban J connectivity index is 1.49. The summed E-state index contributed by atoms with van der Waals surface area (Å²) in [6.07, 6.45) is 5.35. The molecule has 26 heavy (non-hydrogen) atoms. The molecular formula is C20H23N5O. The first-order valence-electron chi connectivity index (χ1n) is 8.88. The molecule has 1 N–H and O–H groups in total. The molecule has 1 aromatic carbocycles. The van der Waals surface area contributed by atoms with Crippen molar-refractivity contribution in [3.05, 3.63) is 60.0 Å². The highest BCUT2D eigenvalue weighted by Crippen LogP contribution is 2.25. The number of hydrogen-bond donors (Lipinski definition) is 1. The number of carbonyl (C=O) groups excluding carboxylic acids is 1. The summed E-state index contributed by atoms with van der Waals surface area (Å²) in [6.45, 7) is 6.33. The summed E-state index contributed by atoms with van der Waals surface area (Å²) in [6, 6.07) is 9.77. The number of likely N-dealkylation sites (N-methyl/N-ethyl adjacent to an activating group) is 1. The SMILES string of the molecule is Cc1cc(NC(=O)c2ccc3nccn3c2)ccc1N1CCN(C)CC1. The Morgan fingerprint density at radius 3 is 2.69 bits per heavy atom. The summed E-state index contributed by atoms with van der Waals surface area (Å²) in [5.74, 6) is -0.118. The van der Waals surface area contributed by atoms with Crippen molar-refractivity contribution in [1.29, 1.82) is 0 Å². The molecule has 4 rings (SSSR count). The van der Waals surface area contributed by atoms with Gasteiger partial charge in [0.2, 0.25) is 0 Å². The lowest BCUT2D eigenvalue weighted by Crippen LogP contribution is -2.44. The molecule has 1 saturated heterocycles. The lowest BCUT2D eigenvalue weighted by atomic mass is 10.1. The first kappa shape index (κ1) is 16.6. The number of amides is 1. The largest absolute Gasteiger partial charge is 0.369 e. The van der Waals surface area contributed by atoms with E-state index in [1.54, 1.807) is 18.5 Å². The Hall–Kier alpha value is -2.86. The summed E-state index contributed by atoms with van der Waals surface area (Å²) in [4.78, 5) is 21.5. The third kappa shape index (κ3) is 3.28. The van der Waals surface area contributed by atoms with Gasteiger partial charge < -0.3 is 19.5 Å². The third-order valence-corrected chi connectivity index (χ3v) is 4.95. The van der Waals surface area contributed by atoms with Crippen LogP contribution in [0, 0.1) is 6.92 Å². The van der Waals surface area contributed by atoms with Gasteiger partial charge in [-0.15, -0.1) is 0 Å². The van der Waals surface area contributed by atoms with E-state index in [4.69, 9.17) is 0 Å². The standard InChI is InChI=1S/C20H23N5O/c1-15-13-17(4-5-18(15)24-11-9-23(2)10-12-24)22-20(26)16-3-6-19-21-7-8-25(19)14-16/h3-8,13-14H,9-12H2,1-2H3,(H,22,26). The molecule has 6 nitrogen and oxygen atoms in total. The molecule has 134 valence electrons.